The zero-order valence-electron chi connectivity index (χ0n) is 20.7. The van der Waals surface area contributed by atoms with E-state index >= 15 is 0 Å². The van der Waals surface area contributed by atoms with Gasteiger partial charge in [-0.25, -0.2) is 0 Å². The Balaban J connectivity index is 0.000000240. The molecular formula is C29H40O3. The Labute approximate surface area is 195 Å². The van der Waals surface area contributed by atoms with Gasteiger partial charge < -0.3 is 14.2 Å². The maximum absolute atomic E-state index is 5.41. The summed E-state index contributed by atoms with van der Waals surface area (Å²) in [4.78, 5) is 0. The highest BCUT2D eigenvalue weighted by molar-refractivity contribution is 5.27. The number of hydrogen-bond donors (Lipinski definition) is 0. The van der Waals surface area contributed by atoms with Crippen LogP contribution in [0.25, 0.3) is 0 Å². The summed E-state index contributed by atoms with van der Waals surface area (Å²) in [6, 6.07) is 24.3. The lowest BCUT2D eigenvalue weighted by molar-refractivity contribution is 0.317. The molecule has 0 aliphatic rings. The third-order valence-electron chi connectivity index (χ3n) is 4.32. The molecule has 0 aliphatic heterocycles. The quantitative estimate of drug-likeness (QED) is 0.358. The smallest absolute Gasteiger partial charge is 0.119 e. The third kappa shape index (κ3) is 12.7. The van der Waals surface area contributed by atoms with Gasteiger partial charge in [0, 0.05) is 0 Å². The summed E-state index contributed by atoms with van der Waals surface area (Å²) in [5, 5.41) is 0. The Morgan fingerprint density at radius 2 is 0.719 bits per heavy atom. The number of ether oxygens (including phenoxy) is 3. The minimum atomic E-state index is 0.739. The van der Waals surface area contributed by atoms with E-state index in [1.54, 1.807) is 0 Å². The van der Waals surface area contributed by atoms with Crippen LogP contribution in [0, 0.1) is 20.8 Å². The van der Waals surface area contributed by atoms with Gasteiger partial charge in [-0.05, 0) is 76.9 Å². The van der Waals surface area contributed by atoms with Crippen LogP contribution in [-0.4, -0.2) is 19.8 Å². The van der Waals surface area contributed by atoms with Crippen molar-refractivity contribution in [1.29, 1.82) is 0 Å². The molecule has 3 heteroatoms. The monoisotopic (exact) mass is 436 g/mol. The number of aryl methyl sites for hydroxylation is 3. The van der Waals surface area contributed by atoms with Crippen LogP contribution in [0.4, 0.5) is 0 Å². The van der Waals surface area contributed by atoms with Crippen LogP contribution < -0.4 is 14.2 Å². The summed E-state index contributed by atoms with van der Waals surface area (Å²) < 4.78 is 16.1. The van der Waals surface area contributed by atoms with Gasteiger partial charge in [-0.1, -0.05) is 66.9 Å². The number of rotatable bonds is 8. The lowest BCUT2D eigenvalue weighted by Crippen LogP contribution is -1.94. The average Bonchev–Trinajstić information content (AvgIpc) is 2.81. The molecule has 0 bridgehead atoms. The normalized spacial score (nSPS) is 9.56. The van der Waals surface area contributed by atoms with Crippen LogP contribution in [0.15, 0.2) is 72.8 Å². The fraction of sp³-hybridized carbons (Fsp3) is 0.379. The van der Waals surface area contributed by atoms with E-state index in [2.05, 4.69) is 58.9 Å². The Morgan fingerprint density at radius 1 is 0.438 bits per heavy atom. The molecule has 0 saturated heterocycles. The van der Waals surface area contributed by atoms with E-state index in [1.807, 2.05) is 55.5 Å². The maximum atomic E-state index is 5.41. The van der Waals surface area contributed by atoms with Crippen LogP contribution in [0.3, 0.4) is 0 Å². The molecule has 0 N–H and O–H groups in total. The van der Waals surface area contributed by atoms with Crippen LogP contribution in [-0.2, 0) is 0 Å². The van der Waals surface area contributed by atoms with Gasteiger partial charge in [0.2, 0.25) is 0 Å². The molecule has 0 unspecified atom stereocenters. The van der Waals surface area contributed by atoms with E-state index in [0.29, 0.717) is 0 Å². The van der Waals surface area contributed by atoms with Crippen LogP contribution in [0.5, 0.6) is 17.2 Å². The van der Waals surface area contributed by atoms with Crippen LogP contribution in [0.2, 0.25) is 0 Å². The molecule has 0 heterocycles. The summed E-state index contributed by atoms with van der Waals surface area (Å²) in [6.45, 7) is 14.8. The maximum Gasteiger partial charge on any atom is 0.119 e. The molecule has 0 amide bonds. The van der Waals surface area contributed by atoms with Gasteiger partial charge in [0.25, 0.3) is 0 Å². The number of benzene rings is 3. The molecule has 3 nitrogen and oxygen atoms in total. The van der Waals surface area contributed by atoms with Gasteiger partial charge in [-0.15, -0.1) is 0 Å². The van der Waals surface area contributed by atoms with Crippen LogP contribution >= 0.6 is 0 Å². The van der Waals surface area contributed by atoms with Crippen molar-refractivity contribution in [3.05, 3.63) is 89.5 Å². The average molecular weight is 437 g/mol. The van der Waals surface area contributed by atoms with E-state index in [-0.39, 0.29) is 0 Å². The Morgan fingerprint density at radius 3 is 0.969 bits per heavy atom. The van der Waals surface area contributed by atoms with Crippen molar-refractivity contribution in [1.82, 2.24) is 0 Å². The second kappa shape index (κ2) is 16.7. The molecule has 174 valence electrons. The minimum absolute atomic E-state index is 0.739. The summed E-state index contributed by atoms with van der Waals surface area (Å²) >= 11 is 0. The highest BCUT2D eigenvalue weighted by Gasteiger charge is 1.91. The lowest BCUT2D eigenvalue weighted by Gasteiger charge is -2.03. The molecule has 0 spiro atoms. The zero-order chi connectivity index (χ0) is 23.6. The molecule has 32 heavy (non-hydrogen) atoms. The van der Waals surface area contributed by atoms with Crippen molar-refractivity contribution in [2.75, 3.05) is 19.8 Å². The molecule has 0 fully saturated rings. The van der Waals surface area contributed by atoms with Crippen molar-refractivity contribution < 1.29 is 14.2 Å². The SMILES string of the molecule is CCCOc1ccc(C)cc1.CCCOc1ccc(C)cc1.CCOc1ccc(C)cc1. The molecule has 3 aromatic rings. The summed E-state index contributed by atoms with van der Waals surface area (Å²) in [7, 11) is 0. The molecule has 3 rings (SSSR count). The predicted molar refractivity (Wildman–Crippen MR) is 136 cm³/mol. The van der Waals surface area contributed by atoms with E-state index in [1.165, 1.54) is 16.7 Å². The van der Waals surface area contributed by atoms with E-state index in [0.717, 1.165) is 49.9 Å². The fourth-order valence-corrected chi connectivity index (χ4v) is 2.51. The minimum Gasteiger partial charge on any atom is -0.494 e. The number of hydrogen-bond acceptors (Lipinski definition) is 3. The molecule has 0 radical (unpaired) electrons. The second-order valence-corrected chi connectivity index (χ2v) is 7.57. The first-order valence-electron chi connectivity index (χ1n) is 11.6. The van der Waals surface area contributed by atoms with E-state index in [9.17, 15) is 0 Å². The first-order chi connectivity index (χ1) is 15.5. The Kier molecular flexibility index (Phi) is 14.2. The van der Waals surface area contributed by atoms with E-state index < -0.39 is 0 Å². The van der Waals surface area contributed by atoms with Gasteiger partial charge in [0.15, 0.2) is 0 Å². The molecule has 0 atom stereocenters. The molecule has 0 aromatic heterocycles. The van der Waals surface area contributed by atoms with Crippen molar-refractivity contribution in [2.24, 2.45) is 0 Å². The van der Waals surface area contributed by atoms with Crippen molar-refractivity contribution in [3.63, 3.8) is 0 Å². The topological polar surface area (TPSA) is 27.7 Å². The van der Waals surface area contributed by atoms with Crippen molar-refractivity contribution >= 4 is 0 Å². The highest BCUT2D eigenvalue weighted by Crippen LogP contribution is 2.12. The molecular weight excluding hydrogens is 396 g/mol. The molecule has 3 aromatic carbocycles. The predicted octanol–water partition coefficient (Wildman–Crippen LogP) is 7.96. The first-order valence-corrected chi connectivity index (χ1v) is 11.6. The first kappa shape index (κ1) is 27.1. The van der Waals surface area contributed by atoms with Gasteiger partial charge >= 0.3 is 0 Å². The zero-order valence-corrected chi connectivity index (χ0v) is 20.7. The molecule has 0 aliphatic carbocycles. The van der Waals surface area contributed by atoms with Crippen LogP contribution in [0.1, 0.15) is 50.3 Å². The molecule has 0 saturated carbocycles. The third-order valence-corrected chi connectivity index (χ3v) is 4.32. The Hall–Kier alpha value is -2.94. The summed E-state index contributed by atoms with van der Waals surface area (Å²) in [5.74, 6) is 2.89. The standard InChI is InChI=1S/2C10H14O.C9H12O/c2*1-3-8-11-10-6-4-9(2)5-7-10;1-3-10-9-6-4-8(2)5-7-9/h2*4-7H,3,8H2,1-2H3;4-7H,3H2,1-2H3. The lowest BCUT2D eigenvalue weighted by atomic mass is 10.2. The van der Waals surface area contributed by atoms with Gasteiger partial charge in [0.1, 0.15) is 17.2 Å². The van der Waals surface area contributed by atoms with Crippen molar-refractivity contribution in [3.8, 4) is 17.2 Å². The highest BCUT2D eigenvalue weighted by atomic mass is 16.5. The van der Waals surface area contributed by atoms with Crippen molar-refractivity contribution in [2.45, 2.75) is 54.4 Å². The largest absolute Gasteiger partial charge is 0.494 e. The summed E-state index contributed by atoms with van der Waals surface area (Å²) in [6.07, 6.45) is 2.13. The fourth-order valence-electron chi connectivity index (χ4n) is 2.51. The van der Waals surface area contributed by atoms with Gasteiger partial charge in [-0.2, -0.15) is 0 Å². The van der Waals surface area contributed by atoms with Gasteiger partial charge in [0.05, 0.1) is 19.8 Å². The second-order valence-electron chi connectivity index (χ2n) is 7.57. The van der Waals surface area contributed by atoms with Gasteiger partial charge in [-0.3, -0.25) is 0 Å². The Bertz CT molecular complexity index is 772. The summed E-state index contributed by atoms with van der Waals surface area (Å²) in [5.41, 5.74) is 3.81. The van der Waals surface area contributed by atoms with E-state index in [4.69, 9.17) is 14.2 Å².